The van der Waals surface area contributed by atoms with Gasteiger partial charge in [-0.2, -0.15) is 0 Å². The number of benzene rings is 1. The Labute approximate surface area is 99.2 Å². The number of aliphatic carboxylic acids is 1. The second-order valence-electron chi connectivity index (χ2n) is 4.63. The number of methoxy groups -OCH3 is 1. The molecule has 0 radical (unpaired) electrons. The summed E-state index contributed by atoms with van der Waals surface area (Å²) in [5.41, 5.74) is 0.976. The summed E-state index contributed by atoms with van der Waals surface area (Å²) in [6.07, 6.45) is 0.546. The van der Waals surface area contributed by atoms with Gasteiger partial charge < -0.3 is 9.84 Å². The molecule has 1 aliphatic carbocycles. The van der Waals surface area contributed by atoms with Crippen molar-refractivity contribution in [1.82, 2.24) is 0 Å². The Hall–Kier alpha value is -1.42. The molecule has 1 fully saturated rings. The minimum Gasteiger partial charge on any atom is -0.479 e. The number of aryl methyl sites for hydroxylation is 1. The van der Waals surface area contributed by atoms with E-state index in [1.165, 1.54) is 19.2 Å². The summed E-state index contributed by atoms with van der Waals surface area (Å²) >= 11 is 0. The highest BCUT2D eigenvalue weighted by molar-refractivity contribution is 5.76. The molecule has 4 heteroatoms. The molecular formula is C13H15FO3. The maximum Gasteiger partial charge on any atom is 0.333 e. The number of carbonyl (C=O) groups is 1. The topological polar surface area (TPSA) is 46.5 Å². The zero-order valence-corrected chi connectivity index (χ0v) is 9.87. The highest BCUT2D eigenvalue weighted by Crippen LogP contribution is 2.52. The van der Waals surface area contributed by atoms with Crippen LogP contribution in [0.3, 0.4) is 0 Å². The Morgan fingerprint density at radius 3 is 2.53 bits per heavy atom. The maximum absolute atomic E-state index is 13.4. The summed E-state index contributed by atoms with van der Waals surface area (Å²) in [4.78, 5) is 11.1. The van der Waals surface area contributed by atoms with Gasteiger partial charge in [-0.05, 0) is 43.0 Å². The summed E-state index contributed by atoms with van der Waals surface area (Å²) in [5.74, 6) is -1.32. The van der Waals surface area contributed by atoms with Gasteiger partial charge >= 0.3 is 5.97 Å². The minimum atomic E-state index is -0.994. The molecule has 0 heterocycles. The number of rotatable bonds is 4. The van der Waals surface area contributed by atoms with Crippen LogP contribution in [0.2, 0.25) is 0 Å². The van der Waals surface area contributed by atoms with Crippen molar-refractivity contribution >= 4 is 5.97 Å². The third-order valence-electron chi connectivity index (χ3n) is 3.37. The van der Waals surface area contributed by atoms with Gasteiger partial charge in [0.1, 0.15) is 5.82 Å². The van der Waals surface area contributed by atoms with E-state index in [0.29, 0.717) is 0 Å². The quantitative estimate of drug-likeness (QED) is 0.875. The van der Waals surface area contributed by atoms with E-state index in [1.54, 1.807) is 6.92 Å². The van der Waals surface area contributed by atoms with Crippen molar-refractivity contribution in [2.75, 3.05) is 7.11 Å². The fourth-order valence-corrected chi connectivity index (χ4v) is 2.42. The van der Waals surface area contributed by atoms with Crippen LogP contribution in [0.1, 0.15) is 24.0 Å². The fraction of sp³-hybridized carbons (Fsp3) is 0.462. The molecule has 1 unspecified atom stereocenters. The number of carboxylic acid groups (broad SMARTS) is 1. The molecule has 17 heavy (non-hydrogen) atoms. The highest BCUT2D eigenvalue weighted by Gasteiger charge is 2.54. The molecule has 1 N–H and O–H groups in total. The third-order valence-corrected chi connectivity index (χ3v) is 3.37. The molecule has 0 bridgehead atoms. The van der Waals surface area contributed by atoms with Crippen LogP contribution in [0.25, 0.3) is 0 Å². The molecule has 0 aliphatic heterocycles. The van der Waals surface area contributed by atoms with Crippen LogP contribution >= 0.6 is 0 Å². The van der Waals surface area contributed by atoms with Crippen LogP contribution in [-0.4, -0.2) is 24.3 Å². The van der Waals surface area contributed by atoms with Crippen LogP contribution in [0.4, 0.5) is 4.39 Å². The van der Waals surface area contributed by atoms with Crippen LogP contribution in [0, 0.1) is 12.7 Å². The van der Waals surface area contributed by atoms with Crippen molar-refractivity contribution < 1.29 is 19.0 Å². The summed E-state index contributed by atoms with van der Waals surface area (Å²) in [5, 5.41) is 9.13. The zero-order valence-electron chi connectivity index (χ0n) is 9.87. The van der Waals surface area contributed by atoms with Gasteiger partial charge in [0.2, 0.25) is 0 Å². The van der Waals surface area contributed by atoms with E-state index in [1.807, 2.05) is 6.07 Å². The largest absolute Gasteiger partial charge is 0.479 e. The second kappa shape index (κ2) is 4.11. The summed E-state index contributed by atoms with van der Waals surface area (Å²) in [7, 11) is 1.38. The van der Waals surface area contributed by atoms with Gasteiger partial charge in [-0.3, -0.25) is 0 Å². The van der Waals surface area contributed by atoms with Crippen molar-refractivity contribution in [2.45, 2.75) is 31.3 Å². The lowest BCUT2D eigenvalue weighted by molar-refractivity contribution is -0.150. The number of hydrogen-bond donors (Lipinski definition) is 1. The number of halogens is 1. The molecule has 1 atom stereocenters. The average molecular weight is 238 g/mol. The van der Waals surface area contributed by atoms with Gasteiger partial charge in [0.15, 0.2) is 6.10 Å². The molecule has 0 spiro atoms. The van der Waals surface area contributed by atoms with Crippen molar-refractivity contribution in [3.8, 4) is 0 Å². The van der Waals surface area contributed by atoms with Gasteiger partial charge in [0.25, 0.3) is 0 Å². The van der Waals surface area contributed by atoms with Crippen LogP contribution in [0.15, 0.2) is 18.2 Å². The smallest absolute Gasteiger partial charge is 0.333 e. The molecular weight excluding hydrogens is 223 g/mol. The normalized spacial score (nSPS) is 18.8. The predicted octanol–water partition coefficient (Wildman–Crippen LogP) is 2.27. The van der Waals surface area contributed by atoms with E-state index in [0.717, 1.165) is 24.0 Å². The first-order valence-corrected chi connectivity index (χ1v) is 5.53. The molecule has 92 valence electrons. The molecule has 1 saturated carbocycles. The molecule has 3 nitrogen and oxygen atoms in total. The SMILES string of the molecule is COC(C(=O)O)C1(c2cc(C)cc(F)c2)CC1. The first-order chi connectivity index (χ1) is 7.99. The molecule has 2 rings (SSSR count). The molecule has 1 aliphatic rings. The van der Waals surface area contributed by atoms with Gasteiger partial charge in [-0.1, -0.05) is 6.07 Å². The Kier molecular flexibility index (Phi) is 2.91. The summed E-state index contributed by atoms with van der Waals surface area (Å²) < 4.78 is 18.4. The minimum absolute atomic E-state index is 0.327. The lowest BCUT2D eigenvalue weighted by Gasteiger charge is -2.23. The number of carboxylic acids is 1. The van der Waals surface area contributed by atoms with Crippen molar-refractivity contribution in [3.05, 3.63) is 35.1 Å². The van der Waals surface area contributed by atoms with E-state index < -0.39 is 17.5 Å². The monoisotopic (exact) mass is 238 g/mol. The Morgan fingerprint density at radius 2 is 2.12 bits per heavy atom. The molecule has 1 aromatic rings. The molecule has 0 amide bonds. The molecule has 0 saturated heterocycles. The average Bonchev–Trinajstić information content (AvgIpc) is 2.98. The van der Waals surface area contributed by atoms with E-state index in [4.69, 9.17) is 9.84 Å². The van der Waals surface area contributed by atoms with Crippen LogP contribution in [-0.2, 0) is 14.9 Å². The van der Waals surface area contributed by atoms with Crippen LogP contribution in [0.5, 0.6) is 0 Å². The van der Waals surface area contributed by atoms with Gasteiger partial charge in [-0.15, -0.1) is 0 Å². The van der Waals surface area contributed by atoms with Crippen molar-refractivity contribution in [2.24, 2.45) is 0 Å². The lowest BCUT2D eigenvalue weighted by Crippen LogP contribution is -2.36. The van der Waals surface area contributed by atoms with Crippen molar-refractivity contribution in [1.29, 1.82) is 0 Å². The van der Waals surface area contributed by atoms with Gasteiger partial charge in [0, 0.05) is 12.5 Å². The van der Waals surface area contributed by atoms with E-state index in [2.05, 4.69) is 0 Å². The number of ether oxygens (including phenoxy) is 1. The molecule has 1 aromatic carbocycles. The van der Waals surface area contributed by atoms with E-state index in [-0.39, 0.29) is 5.82 Å². The highest BCUT2D eigenvalue weighted by atomic mass is 19.1. The molecule has 0 aromatic heterocycles. The standard InChI is InChI=1S/C13H15FO3/c1-8-5-9(7-10(14)6-8)13(3-4-13)11(17-2)12(15)16/h5-7,11H,3-4H2,1-2H3,(H,15,16). The lowest BCUT2D eigenvalue weighted by atomic mass is 9.88. The maximum atomic E-state index is 13.4. The van der Waals surface area contributed by atoms with Gasteiger partial charge in [-0.25, -0.2) is 9.18 Å². The Balaban J connectivity index is 2.41. The first kappa shape index (κ1) is 12.0. The van der Waals surface area contributed by atoms with E-state index in [9.17, 15) is 9.18 Å². The third kappa shape index (κ3) is 2.05. The Bertz CT molecular complexity index is 432. The summed E-state index contributed by atoms with van der Waals surface area (Å²) in [6.45, 7) is 1.80. The van der Waals surface area contributed by atoms with Crippen molar-refractivity contribution in [3.63, 3.8) is 0 Å². The van der Waals surface area contributed by atoms with Crippen LogP contribution < -0.4 is 0 Å². The zero-order chi connectivity index (χ0) is 12.6. The second-order valence-corrected chi connectivity index (χ2v) is 4.63. The Morgan fingerprint density at radius 1 is 1.47 bits per heavy atom. The first-order valence-electron chi connectivity index (χ1n) is 5.53. The predicted molar refractivity (Wildman–Crippen MR) is 60.5 cm³/mol. The van der Waals surface area contributed by atoms with E-state index >= 15 is 0 Å². The number of hydrogen-bond acceptors (Lipinski definition) is 2. The fourth-order valence-electron chi connectivity index (χ4n) is 2.42. The summed E-state index contributed by atoms with van der Waals surface area (Å²) in [6, 6.07) is 4.68. The van der Waals surface area contributed by atoms with Gasteiger partial charge in [0.05, 0.1) is 0 Å².